The summed E-state index contributed by atoms with van der Waals surface area (Å²) in [4.78, 5) is 29.4. The quantitative estimate of drug-likeness (QED) is 0.687. The van der Waals surface area contributed by atoms with Crippen LogP contribution in [0.15, 0.2) is 23.0 Å². The Hall–Kier alpha value is -2.45. The predicted octanol–water partition coefficient (Wildman–Crippen LogP) is 0.575. The summed E-state index contributed by atoms with van der Waals surface area (Å²) in [6, 6.07) is 5.30. The molecule has 0 bridgehead atoms. The number of nitrogens with zero attached hydrogens (tertiary/aromatic N) is 3. The standard InChI is InChI=1S/C19H27N5O3/c1-13-10-14(2)24(22-13)9-7-20-18(26)17-6-5-15(21-19(17)27)11-23-8-3-4-16(25)12-23/h5-6,10,16,25H,3-4,7-9,11-12H2,1-2H3,(H,20,26)(H,21,27). The summed E-state index contributed by atoms with van der Waals surface area (Å²) < 4.78 is 1.83. The zero-order chi connectivity index (χ0) is 19.4. The van der Waals surface area contributed by atoms with Gasteiger partial charge in [0.1, 0.15) is 5.56 Å². The topological polar surface area (TPSA) is 103 Å². The van der Waals surface area contributed by atoms with Gasteiger partial charge in [-0.25, -0.2) is 0 Å². The van der Waals surface area contributed by atoms with Gasteiger partial charge in [0.2, 0.25) is 0 Å². The molecule has 0 saturated carbocycles. The molecule has 0 aliphatic carbocycles. The molecule has 0 aromatic carbocycles. The first-order valence-electron chi connectivity index (χ1n) is 9.34. The number of piperidine rings is 1. The van der Waals surface area contributed by atoms with Crippen LogP contribution in [-0.2, 0) is 13.1 Å². The second-order valence-electron chi connectivity index (χ2n) is 7.16. The van der Waals surface area contributed by atoms with Crippen molar-refractivity contribution in [2.24, 2.45) is 0 Å². The van der Waals surface area contributed by atoms with Crippen LogP contribution in [0.5, 0.6) is 0 Å². The first-order chi connectivity index (χ1) is 12.9. The van der Waals surface area contributed by atoms with Gasteiger partial charge in [0.25, 0.3) is 11.5 Å². The monoisotopic (exact) mass is 373 g/mol. The Morgan fingerprint density at radius 2 is 2.22 bits per heavy atom. The van der Waals surface area contributed by atoms with E-state index in [1.54, 1.807) is 12.1 Å². The lowest BCUT2D eigenvalue weighted by Gasteiger charge is -2.29. The number of aliphatic hydroxyl groups is 1. The highest BCUT2D eigenvalue weighted by atomic mass is 16.3. The molecule has 1 saturated heterocycles. The number of aromatic nitrogens is 3. The summed E-state index contributed by atoms with van der Waals surface area (Å²) in [6.07, 6.45) is 1.46. The van der Waals surface area contributed by atoms with Crippen molar-refractivity contribution >= 4 is 5.91 Å². The summed E-state index contributed by atoms with van der Waals surface area (Å²) >= 11 is 0. The van der Waals surface area contributed by atoms with E-state index in [2.05, 4.69) is 20.3 Å². The minimum absolute atomic E-state index is 0.103. The second kappa shape index (κ2) is 8.49. The van der Waals surface area contributed by atoms with Crippen molar-refractivity contribution in [1.29, 1.82) is 0 Å². The molecule has 1 fully saturated rings. The molecular weight excluding hydrogens is 346 g/mol. The highest BCUT2D eigenvalue weighted by Crippen LogP contribution is 2.12. The van der Waals surface area contributed by atoms with Gasteiger partial charge in [-0.05, 0) is 51.4 Å². The molecule has 3 N–H and O–H groups in total. The molecule has 3 rings (SSSR count). The SMILES string of the molecule is Cc1cc(C)n(CCNC(=O)c2ccc(CN3CCCC(O)C3)[nH]c2=O)n1. The Labute approximate surface area is 158 Å². The number of amides is 1. The number of pyridine rings is 1. The first kappa shape index (κ1) is 19.3. The van der Waals surface area contributed by atoms with Crippen LogP contribution in [0.25, 0.3) is 0 Å². The molecular formula is C19H27N5O3. The Morgan fingerprint density at radius 3 is 2.89 bits per heavy atom. The lowest BCUT2D eigenvalue weighted by atomic mass is 10.1. The third-order valence-corrected chi connectivity index (χ3v) is 4.80. The van der Waals surface area contributed by atoms with E-state index in [0.29, 0.717) is 26.2 Å². The van der Waals surface area contributed by atoms with Crippen LogP contribution in [0.3, 0.4) is 0 Å². The number of hydrogen-bond acceptors (Lipinski definition) is 5. The highest BCUT2D eigenvalue weighted by molar-refractivity contribution is 5.93. The Kier molecular flexibility index (Phi) is 6.08. The Balaban J connectivity index is 1.55. The molecule has 3 heterocycles. The molecule has 2 aromatic heterocycles. The van der Waals surface area contributed by atoms with Gasteiger partial charge in [-0.15, -0.1) is 0 Å². The molecule has 1 amide bonds. The fourth-order valence-electron chi connectivity index (χ4n) is 3.47. The van der Waals surface area contributed by atoms with E-state index in [9.17, 15) is 14.7 Å². The second-order valence-corrected chi connectivity index (χ2v) is 7.16. The maximum atomic E-state index is 12.3. The summed E-state index contributed by atoms with van der Waals surface area (Å²) in [5.41, 5.74) is 2.42. The molecule has 1 aliphatic heterocycles. The number of aliphatic hydroxyl groups excluding tert-OH is 1. The number of carbonyl (C=O) groups is 1. The van der Waals surface area contributed by atoms with Crippen molar-refractivity contribution in [1.82, 2.24) is 25.0 Å². The zero-order valence-corrected chi connectivity index (χ0v) is 15.9. The number of β-amino-alcohol motifs (C(OH)–C–C–N with tert-alkyl or cyclic N) is 1. The van der Waals surface area contributed by atoms with Crippen LogP contribution in [0.2, 0.25) is 0 Å². The summed E-state index contributed by atoms with van der Waals surface area (Å²) in [7, 11) is 0. The van der Waals surface area contributed by atoms with Crippen LogP contribution in [0.1, 0.15) is 40.3 Å². The van der Waals surface area contributed by atoms with E-state index in [4.69, 9.17) is 0 Å². The number of aromatic amines is 1. The van der Waals surface area contributed by atoms with Gasteiger partial charge in [-0.1, -0.05) is 0 Å². The van der Waals surface area contributed by atoms with Gasteiger partial charge in [-0.2, -0.15) is 5.10 Å². The molecule has 0 radical (unpaired) electrons. The number of hydrogen-bond donors (Lipinski definition) is 3. The fraction of sp³-hybridized carbons (Fsp3) is 0.526. The largest absolute Gasteiger partial charge is 0.392 e. The Morgan fingerprint density at radius 1 is 1.41 bits per heavy atom. The number of H-pyrrole nitrogens is 1. The summed E-state index contributed by atoms with van der Waals surface area (Å²) in [6.45, 7) is 6.91. The number of aryl methyl sites for hydroxylation is 2. The smallest absolute Gasteiger partial charge is 0.261 e. The van der Waals surface area contributed by atoms with Crippen molar-refractivity contribution in [3.05, 3.63) is 51.2 Å². The predicted molar refractivity (Wildman–Crippen MR) is 102 cm³/mol. The first-order valence-corrected chi connectivity index (χ1v) is 9.34. The minimum atomic E-state index is -0.395. The molecule has 1 aliphatic rings. The van der Waals surface area contributed by atoms with Crippen molar-refractivity contribution < 1.29 is 9.90 Å². The van der Waals surface area contributed by atoms with Crippen LogP contribution in [-0.4, -0.2) is 56.4 Å². The maximum absolute atomic E-state index is 12.3. The summed E-state index contributed by atoms with van der Waals surface area (Å²) in [5.74, 6) is -0.391. The van der Waals surface area contributed by atoms with Crippen LogP contribution in [0.4, 0.5) is 0 Å². The van der Waals surface area contributed by atoms with E-state index >= 15 is 0 Å². The van der Waals surface area contributed by atoms with Crippen molar-refractivity contribution in [3.63, 3.8) is 0 Å². The van der Waals surface area contributed by atoms with Gasteiger partial charge in [0.15, 0.2) is 0 Å². The fourth-order valence-corrected chi connectivity index (χ4v) is 3.47. The van der Waals surface area contributed by atoms with E-state index in [-0.39, 0.29) is 11.7 Å². The van der Waals surface area contributed by atoms with Crippen LogP contribution in [0, 0.1) is 13.8 Å². The lowest BCUT2D eigenvalue weighted by molar-refractivity contribution is 0.0662. The molecule has 1 unspecified atom stereocenters. The third kappa shape index (κ3) is 5.05. The summed E-state index contributed by atoms with van der Waals surface area (Å²) in [5, 5.41) is 16.9. The van der Waals surface area contributed by atoms with E-state index in [0.717, 1.165) is 36.5 Å². The molecule has 27 heavy (non-hydrogen) atoms. The average Bonchev–Trinajstić information content (AvgIpc) is 2.92. The van der Waals surface area contributed by atoms with E-state index < -0.39 is 11.5 Å². The van der Waals surface area contributed by atoms with E-state index in [1.165, 1.54) is 0 Å². The average molecular weight is 373 g/mol. The highest BCUT2D eigenvalue weighted by Gasteiger charge is 2.18. The van der Waals surface area contributed by atoms with Gasteiger partial charge in [0, 0.05) is 31.0 Å². The van der Waals surface area contributed by atoms with Gasteiger partial charge in [0.05, 0.1) is 18.3 Å². The third-order valence-electron chi connectivity index (χ3n) is 4.80. The lowest BCUT2D eigenvalue weighted by Crippen LogP contribution is -2.38. The van der Waals surface area contributed by atoms with Crippen LogP contribution < -0.4 is 10.9 Å². The van der Waals surface area contributed by atoms with E-state index in [1.807, 2.05) is 24.6 Å². The molecule has 8 heteroatoms. The zero-order valence-electron chi connectivity index (χ0n) is 15.9. The van der Waals surface area contributed by atoms with Crippen molar-refractivity contribution in [3.8, 4) is 0 Å². The van der Waals surface area contributed by atoms with Gasteiger partial charge >= 0.3 is 0 Å². The van der Waals surface area contributed by atoms with Crippen LogP contribution >= 0.6 is 0 Å². The number of likely N-dealkylation sites (tertiary alicyclic amines) is 1. The maximum Gasteiger partial charge on any atom is 0.261 e. The van der Waals surface area contributed by atoms with Gasteiger partial charge in [-0.3, -0.25) is 19.2 Å². The van der Waals surface area contributed by atoms with Gasteiger partial charge < -0.3 is 15.4 Å². The molecule has 1 atom stereocenters. The number of carbonyl (C=O) groups excluding carboxylic acids is 1. The molecule has 2 aromatic rings. The molecule has 0 spiro atoms. The Bertz CT molecular complexity index is 857. The minimum Gasteiger partial charge on any atom is -0.392 e. The number of rotatable bonds is 6. The van der Waals surface area contributed by atoms with Crippen molar-refractivity contribution in [2.75, 3.05) is 19.6 Å². The molecule has 146 valence electrons. The van der Waals surface area contributed by atoms with Crippen molar-refractivity contribution in [2.45, 2.75) is 45.9 Å². The number of nitrogens with one attached hydrogen (secondary N) is 2. The molecule has 8 nitrogen and oxygen atoms in total. The normalized spacial score (nSPS) is 17.8.